The summed E-state index contributed by atoms with van der Waals surface area (Å²) < 4.78 is 10.8. The Morgan fingerprint density at radius 3 is 2.52 bits per heavy atom. The molecule has 0 bridgehead atoms. The molecule has 2 aromatic rings. The molecule has 0 radical (unpaired) electrons. The number of carbonyl (C=O) groups is 2. The molecule has 2 atom stereocenters. The van der Waals surface area contributed by atoms with Crippen LogP contribution in [0, 0.1) is 5.92 Å². The first-order chi connectivity index (χ1) is 14.0. The number of benzene rings is 1. The molecule has 2 aliphatic heterocycles. The Hall–Kier alpha value is -2.87. The largest absolute Gasteiger partial charge is 0.480 e. The molecule has 0 saturated carbocycles. The number of hydrogen-bond acceptors (Lipinski definition) is 6. The number of nitrogens with zero attached hydrogens (tertiary/aromatic N) is 4. The monoisotopic (exact) mass is 416 g/mol. The van der Waals surface area contributed by atoms with Gasteiger partial charge >= 0.3 is 0 Å². The van der Waals surface area contributed by atoms with Gasteiger partial charge in [0.15, 0.2) is 0 Å². The molecule has 152 valence electrons. The Balaban J connectivity index is 1.34. The third-order valence-corrected chi connectivity index (χ3v) is 5.43. The van der Waals surface area contributed by atoms with E-state index in [2.05, 4.69) is 10.2 Å². The summed E-state index contributed by atoms with van der Waals surface area (Å²) in [6.45, 7) is 1.45. The van der Waals surface area contributed by atoms with Gasteiger partial charge in [0, 0.05) is 48.8 Å². The standard InChI is InChI=1S/C20H21ClN4O4/c1-28-17-6-7-18(23-22-17)29-16-8-9-24(12-16)20(27)13-10-19(26)25(11-13)15-4-2-14(21)3-5-15/h2-7,13,16H,8-12H2,1H3. The number of halogens is 1. The first kappa shape index (κ1) is 19.4. The van der Waals surface area contributed by atoms with Crippen molar-refractivity contribution < 1.29 is 19.1 Å². The third kappa shape index (κ3) is 4.27. The Morgan fingerprint density at radius 2 is 1.83 bits per heavy atom. The van der Waals surface area contributed by atoms with Gasteiger partial charge in [0.25, 0.3) is 0 Å². The number of aromatic nitrogens is 2. The van der Waals surface area contributed by atoms with Gasteiger partial charge in [-0.3, -0.25) is 9.59 Å². The zero-order chi connectivity index (χ0) is 20.4. The van der Waals surface area contributed by atoms with Crippen LogP contribution < -0.4 is 14.4 Å². The average Bonchev–Trinajstić information content (AvgIpc) is 3.35. The zero-order valence-corrected chi connectivity index (χ0v) is 16.7. The molecule has 9 heteroatoms. The predicted molar refractivity (Wildman–Crippen MR) is 106 cm³/mol. The van der Waals surface area contributed by atoms with Crippen LogP contribution in [0.15, 0.2) is 36.4 Å². The molecule has 0 N–H and O–H groups in total. The fraction of sp³-hybridized carbons (Fsp3) is 0.400. The van der Waals surface area contributed by atoms with E-state index in [9.17, 15) is 9.59 Å². The van der Waals surface area contributed by atoms with Crippen molar-refractivity contribution in [2.45, 2.75) is 18.9 Å². The lowest BCUT2D eigenvalue weighted by Gasteiger charge is -2.21. The number of anilines is 1. The van der Waals surface area contributed by atoms with Gasteiger partial charge in [-0.05, 0) is 24.3 Å². The van der Waals surface area contributed by atoms with Crippen LogP contribution in [0.4, 0.5) is 5.69 Å². The number of rotatable bonds is 5. The summed E-state index contributed by atoms with van der Waals surface area (Å²) in [6.07, 6.45) is 0.778. The average molecular weight is 417 g/mol. The summed E-state index contributed by atoms with van der Waals surface area (Å²) in [5.41, 5.74) is 0.760. The fourth-order valence-electron chi connectivity index (χ4n) is 3.68. The normalized spacial score (nSPS) is 21.5. The quantitative estimate of drug-likeness (QED) is 0.742. The molecule has 8 nitrogen and oxygen atoms in total. The molecule has 0 spiro atoms. The second kappa shape index (κ2) is 8.24. The lowest BCUT2D eigenvalue weighted by atomic mass is 10.1. The third-order valence-electron chi connectivity index (χ3n) is 5.18. The Kier molecular flexibility index (Phi) is 5.53. The van der Waals surface area contributed by atoms with E-state index in [1.165, 1.54) is 7.11 Å². The smallest absolute Gasteiger partial charge is 0.233 e. The van der Waals surface area contributed by atoms with E-state index in [0.717, 1.165) is 5.69 Å². The van der Waals surface area contributed by atoms with Crippen molar-refractivity contribution in [3.63, 3.8) is 0 Å². The van der Waals surface area contributed by atoms with Crippen LogP contribution in [0.1, 0.15) is 12.8 Å². The zero-order valence-electron chi connectivity index (χ0n) is 16.0. The molecule has 1 aromatic heterocycles. The van der Waals surface area contributed by atoms with Crippen molar-refractivity contribution in [3.05, 3.63) is 41.4 Å². The maximum atomic E-state index is 12.9. The molecule has 1 aromatic carbocycles. The van der Waals surface area contributed by atoms with Crippen LogP contribution in [0.25, 0.3) is 0 Å². The maximum absolute atomic E-state index is 12.9. The van der Waals surface area contributed by atoms with Crippen molar-refractivity contribution in [2.24, 2.45) is 5.92 Å². The molecular formula is C20H21ClN4O4. The topological polar surface area (TPSA) is 84.9 Å². The first-order valence-electron chi connectivity index (χ1n) is 9.42. The van der Waals surface area contributed by atoms with Gasteiger partial charge in [-0.15, -0.1) is 10.2 Å². The molecule has 4 rings (SSSR count). The van der Waals surface area contributed by atoms with E-state index in [4.69, 9.17) is 21.1 Å². The van der Waals surface area contributed by atoms with Crippen molar-refractivity contribution >= 4 is 29.1 Å². The second-order valence-electron chi connectivity index (χ2n) is 7.11. The van der Waals surface area contributed by atoms with E-state index < -0.39 is 0 Å². The van der Waals surface area contributed by atoms with Gasteiger partial charge in [0.2, 0.25) is 23.6 Å². The van der Waals surface area contributed by atoms with Crippen molar-refractivity contribution in [1.82, 2.24) is 15.1 Å². The lowest BCUT2D eigenvalue weighted by molar-refractivity contribution is -0.135. The minimum absolute atomic E-state index is 0.0123. The van der Waals surface area contributed by atoms with Gasteiger partial charge in [-0.1, -0.05) is 11.6 Å². The highest BCUT2D eigenvalue weighted by Crippen LogP contribution is 2.28. The summed E-state index contributed by atoms with van der Waals surface area (Å²) >= 11 is 5.92. The number of carbonyl (C=O) groups excluding carboxylic acids is 2. The minimum atomic E-state index is -0.349. The number of hydrogen-bond donors (Lipinski definition) is 0. The summed E-state index contributed by atoms with van der Waals surface area (Å²) in [7, 11) is 1.52. The second-order valence-corrected chi connectivity index (χ2v) is 7.54. The van der Waals surface area contributed by atoms with Crippen LogP contribution in [0.5, 0.6) is 11.8 Å². The molecule has 2 fully saturated rings. The molecule has 0 aliphatic carbocycles. The van der Waals surface area contributed by atoms with Crippen LogP contribution in [-0.2, 0) is 9.59 Å². The summed E-state index contributed by atoms with van der Waals surface area (Å²) in [6, 6.07) is 10.4. The Labute approximate surface area is 173 Å². The lowest BCUT2D eigenvalue weighted by Crippen LogP contribution is -2.37. The first-order valence-corrected chi connectivity index (χ1v) is 9.80. The van der Waals surface area contributed by atoms with Gasteiger partial charge in [0.1, 0.15) is 6.10 Å². The number of amides is 2. The Bertz CT molecular complexity index is 890. The van der Waals surface area contributed by atoms with Crippen LogP contribution in [0.2, 0.25) is 5.02 Å². The van der Waals surface area contributed by atoms with Gasteiger partial charge < -0.3 is 19.3 Å². The molecule has 2 amide bonds. The van der Waals surface area contributed by atoms with Gasteiger partial charge in [0.05, 0.1) is 19.6 Å². The molecule has 2 saturated heterocycles. The fourth-order valence-corrected chi connectivity index (χ4v) is 3.80. The number of likely N-dealkylation sites (tertiary alicyclic amines) is 1. The van der Waals surface area contributed by atoms with Gasteiger partial charge in [-0.25, -0.2) is 0 Å². The Morgan fingerprint density at radius 1 is 1.10 bits per heavy atom. The molecular weight excluding hydrogens is 396 g/mol. The van der Waals surface area contributed by atoms with Crippen molar-refractivity contribution in [3.8, 4) is 11.8 Å². The van der Waals surface area contributed by atoms with E-state index >= 15 is 0 Å². The van der Waals surface area contributed by atoms with Gasteiger partial charge in [-0.2, -0.15) is 0 Å². The van der Waals surface area contributed by atoms with E-state index in [1.807, 2.05) is 0 Å². The molecule has 2 unspecified atom stereocenters. The van der Waals surface area contributed by atoms with Crippen LogP contribution >= 0.6 is 11.6 Å². The highest BCUT2D eigenvalue weighted by Gasteiger charge is 2.39. The van der Waals surface area contributed by atoms with E-state index in [1.54, 1.807) is 46.2 Å². The predicted octanol–water partition coefficient (Wildman–Crippen LogP) is 2.17. The highest BCUT2D eigenvalue weighted by atomic mass is 35.5. The summed E-state index contributed by atoms with van der Waals surface area (Å²) in [5, 5.41) is 8.45. The summed E-state index contributed by atoms with van der Waals surface area (Å²) in [4.78, 5) is 28.8. The SMILES string of the molecule is COc1ccc(OC2CCN(C(=O)C3CC(=O)N(c4ccc(Cl)cc4)C3)C2)nn1. The molecule has 2 aliphatic rings. The van der Waals surface area contributed by atoms with Crippen LogP contribution in [-0.4, -0.2) is 59.8 Å². The van der Waals surface area contributed by atoms with Crippen molar-refractivity contribution in [2.75, 3.05) is 31.6 Å². The van der Waals surface area contributed by atoms with E-state index in [0.29, 0.717) is 42.8 Å². The minimum Gasteiger partial charge on any atom is -0.480 e. The molecule has 3 heterocycles. The number of ether oxygens (including phenoxy) is 2. The van der Waals surface area contributed by atoms with E-state index in [-0.39, 0.29) is 30.3 Å². The summed E-state index contributed by atoms with van der Waals surface area (Å²) in [5.74, 6) is 0.400. The van der Waals surface area contributed by atoms with Crippen LogP contribution in [0.3, 0.4) is 0 Å². The molecule has 29 heavy (non-hydrogen) atoms. The van der Waals surface area contributed by atoms with Crippen molar-refractivity contribution in [1.29, 1.82) is 0 Å². The maximum Gasteiger partial charge on any atom is 0.233 e. The highest BCUT2D eigenvalue weighted by molar-refractivity contribution is 6.30. The number of methoxy groups -OCH3 is 1.